The topological polar surface area (TPSA) is 9.23 Å². The largest absolute Gasteiger partial charge is 0.433 e. The fourth-order valence-corrected chi connectivity index (χ4v) is 1.20. The van der Waals surface area contributed by atoms with Crippen LogP contribution in [0.25, 0.3) is 0 Å². The van der Waals surface area contributed by atoms with Crippen LogP contribution in [0.1, 0.15) is 12.0 Å². The van der Waals surface area contributed by atoms with Crippen LogP contribution in [-0.4, -0.2) is 11.9 Å². The van der Waals surface area contributed by atoms with Crippen molar-refractivity contribution in [2.24, 2.45) is 0 Å². The van der Waals surface area contributed by atoms with E-state index in [2.05, 4.69) is 32.5 Å². The molecule has 0 saturated heterocycles. The van der Waals surface area contributed by atoms with Crippen molar-refractivity contribution in [2.45, 2.75) is 13.0 Å². The van der Waals surface area contributed by atoms with Gasteiger partial charge in [0.25, 0.3) is 0 Å². The zero-order valence-corrected chi connectivity index (χ0v) is 9.73. The molecule has 0 radical (unpaired) electrons. The molecule has 0 N–H and O–H groups in total. The van der Waals surface area contributed by atoms with Crippen LogP contribution in [0.4, 0.5) is 13.2 Å². The van der Waals surface area contributed by atoms with Crippen LogP contribution in [-0.2, 0) is 0 Å². The minimum atomic E-state index is -2.99. The van der Waals surface area contributed by atoms with Gasteiger partial charge in [0.15, 0.2) is 0 Å². The van der Waals surface area contributed by atoms with Gasteiger partial charge in [-0.1, -0.05) is 27.8 Å². The van der Waals surface area contributed by atoms with Gasteiger partial charge in [0, 0.05) is 17.8 Å². The third-order valence-corrected chi connectivity index (χ3v) is 2.00. The highest BCUT2D eigenvalue weighted by Crippen LogP contribution is 2.21. The molecule has 1 aromatic carbocycles. The van der Waals surface area contributed by atoms with Gasteiger partial charge in [0.2, 0.25) is 0 Å². The zero-order valence-electron chi connectivity index (χ0n) is 8.14. The first-order valence-electron chi connectivity index (χ1n) is 4.42. The summed E-state index contributed by atoms with van der Waals surface area (Å²) in [5.41, 5.74) is 0.252. The molecule has 0 aliphatic heterocycles. The van der Waals surface area contributed by atoms with Crippen LogP contribution >= 0.6 is 15.9 Å². The monoisotopic (exact) mass is 292 g/mol. The molecule has 0 unspecified atom stereocenters. The van der Waals surface area contributed by atoms with E-state index in [1.807, 2.05) is 0 Å². The summed E-state index contributed by atoms with van der Waals surface area (Å²) in [7, 11) is 0. The maximum Gasteiger partial charge on any atom is 0.387 e. The molecule has 0 heterocycles. The molecular weight excluding hydrogens is 285 g/mol. The first kappa shape index (κ1) is 12.9. The first-order valence-corrected chi connectivity index (χ1v) is 5.55. The van der Waals surface area contributed by atoms with Gasteiger partial charge in [0.1, 0.15) is 11.6 Å². The standard InChI is InChI=1S/C11H8BrF3O/c12-6-2-1-3-8-4-5-9(13)7-10(8)16-11(14)15/h4-5,7,11H,2,6H2. The van der Waals surface area contributed by atoms with Crippen LogP contribution in [0.3, 0.4) is 0 Å². The number of halogens is 4. The second-order valence-corrected chi connectivity index (χ2v) is 3.55. The minimum Gasteiger partial charge on any atom is -0.433 e. The van der Waals surface area contributed by atoms with E-state index in [1.54, 1.807) is 0 Å². The highest BCUT2D eigenvalue weighted by molar-refractivity contribution is 9.09. The van der Waals surface area contributed by atoms with E-state index < -0.39 is 12.4 Å². The van der Waals surface area contributed by atoms with Crippen molar-refractivity contribution >= 4 is 15.9 Å². The second kappa shape index (κ2) is 6.44. The van der Waals surface area contributed by atoms with E-state index in [0.29, 0.717) is 11.8 Å². The molecule has 0 atom stereocenters. The molecule has 0 amide bonds. The number of hydrogen-bond acceptors (Lipinski definition) is 1. The van der Waals surface area contributed by atoms with Gasteiger partial charge < -0.3 is 4.74 Å². The van der Waals surface area contributed by atoms with Gasteiger partial charge in [-0.2, -0.15) is 8.78 Å². The Kier molecular flexibility index (Phi) is 5.20. The summed E-state index contributed by atoms with van der Waals surface area (Å²) < 4.78 is 41.0. The van der Waals surface area contributed by atoms with Crippen molar-refractivity contribution in [1.82, 2.24) is 0 Å². The van der Waals surface area contributed by atoms with Crippen molar-refractivity contribution in [2.75, 3.05) is 5.33 Å². The number of alkyl halides is 3. The Bertz CT molecular complexity index is 409. The van der Waals surface area contributed by atoms with Crippen molar-refractivity contribution in [3.63, 3.8) is 0 Å². The Hall–Kier alpha value is -1.15. The maximum absolute atomic E-state index is 12.8. The quantitative estimate of drug-likeness (QED) is 0.611. The number of benzene rings is 1. The average Bonchev–Trinajstić information content (AvgIpc) is 2.20. The van der Waals surface area contributed by atoms with Gasteiger partial charge in [-0.15, -0.1) is 0 Å². The van der Waals surface area contributed by atoms with E-state index in [9.17, 15) is 13.2 Å². The SMILES string of the molecule is Fc1ccc(C#CCCBr)c(OC(F)F)c1. The normalized spacial score (nSPS) is 9.81. The molecule has 1 rings (SSSR count). The predicted molar refractivity (Wildman–Crippen MR) is 58.3 cm³/mol. The van der Waals surface area contributed by atoms with E-state index in [1.165, 1.54) is 6.07 Å². The molecule has 86 valence electrons. The average molecular weight is 293 g/mol. The highest BCUT2D eigenvalue weighted by Gasteiger charge is 2.09. The highest BCUT2D eigenvalue weighted by atomic mass is 79.9. The van der Waals surface area contributed by atoms with Gasteiger partial charge in [0.05, 0.1) is 5.56 Å². The number of rotatable bonds is 3. The fourth-order valence-electron chi connectivity index (χ4n) is 0.998. The Labute approximate surface area is 99.7 Å². The molecule has 0 bridgehead atoms. The Morgan fingerprint density at radius 1 is 1.38 bits per heavy atom. The van der Waals surface area contributed by atoms with Gasteiger partial charge in [-0.25, -0.2) is 4.39 Å². The van der Waals surface area contributed by atoms with Gasteiger partial charge in [-0.05, 0) is 12.1 Å². The molecule has 0 aliphatic rings. The smallest absolute Gasteiger partial charge is 0.387 e. The predicted octanol–water partition coefficient (Wildman–Crippen LogP) is 3.56. The Balaban J connectivity index is 2.94. The third kappa shape index (κ3) is 4.15. The summed E-state index contributed by atoms with van der Waals surface area (Å²) in [5.74, 6) is 4.51. The molecule has 0 saturated carbocycles. The van der Waals surface area contributed by atoms with E-state index in [-0.39, 0.29) is 11.3 Å². The van der Waals surface area contributed by atoms with E-state index >= 15 is 0 Å². The molecule has 0 fully saturated rings. The Morgan fingerprint density at radius 3 is 2.75 bits per heavy atom. The summed E-state index contributed by atoms with van der Waals surface area (Å²) in [5, 5.41) is 0.687. The summed E-state index contributed by atoms with van der Waals surface area (Å²) in [6, 6.07) is 3.36. The lowest BCUT2D eigenvalue weighted by Gasteiger charge is -2.06. The molecule has 0 spiro atoms. The summed E-state index contributed by atoms with van der Waals surface area (Å²) in [4.78, 5) is 0. The number of hydrogen-bond donors (Lipinski definition) is 0. The van der Waals surface area contributed by atoms with Crippen LogP contribution in [0.2, 0.25) is 0 Å². The molecular formula is C11H8BrF3O. The molecule has 5 heteroatoms. The second-order valence-electron chi connectivity index (χ2n) is 2.76. The maximum atomic E-state index is 12.8. The van der Waals surface area contributed by atoms with Crippen LogP contribution in [0.15, 0.2) is 18.2 Å². The molecule has 1 aromatic rings. The molecule has 1 nitrogen and oxygen atoms in total. The first-order chi connectivity index (χ1) is 7.63. The summed E-state index contributed by atoms with van der Waals surface area (Å²) in [6.45, 7) is -2.99. The van der Waals surface area contributed by atoms with Crippen LogP contribution in [0.5, 0.6) is 5.75 Å². The molecule has 0 aromatic heterocycles. The summed E-state index contributed by atoms with van der Waals surface area (Å²) in [6.07, 6.45) is 0.575. The minimum absolute atomic E-state index is 0.239. The lowest BCUT2D eigenvalue weighted by molar-refractivity contribution is -0.0501. The zero-order chi connectivity index (χ0) is 12.0. The van der Waals surface area contributed by atoms with Gasteiger partial charge >= 0.3 is 6.61 Å². The van der Waals surface area contributed by atoms with Crippen molar-refractivity contribution in [1.29, 1.82) is 0 Å². The Morgan fingerprint density at radius 2 is 2.12 bits per heavy atom. The van der Waals surface area contributed by atoms with E-state index in [0.717, 1.165) is 12.1 Å². The van der Waals surface area contributed by atoms with E-state index in [4.69, 9.17) is 0 Å². The lowest BCUT2D eigenvalue weighted by atomic mass is 10.2. The van der Waals surface area contributed by atoms with Crippen LogP contribution in [0, 0.1) is 17.7 Å². The van der Waals surface area contributed by atoms with Crippen molar-refractivity contribution in [3.05, 3.63) is 29.6 Å². The molecule has 0 aliphatic carbocycles. The molecule has 16 heavy (non-hydrogen) atoms. The third-order valence-electron chi connectivity index (χ3n) is 1.60. The number of ether oxygens (including phenoxy) is 1. The fraction of sp³-hybridized carbons (Fsp3) is 0.273. The van der Waals surface area contributed by atoms with Crippen molar-refractivity contribution in [3.8, 4) is 17.6 Å². The van der Waals surface area contributed by atoms with Gasteiger partial charge in [-0.3, -0.25) is 0 Å². The lowest BCUT2D eigenvalue weighted by Crippen LogP contribution is -2.03. The van der Waals surface area contributed by atoms with Crippen LogP contribution < -0.4 is 4.74 Å². The summed E-state index contributed by atoms with van der Waals surface area (Å²) >= 11 is 3.18. The van der Waals surface area contributed by atoms with Crippen molar-refractivity contribution < 1.29 is 17.9 Å².